The molecule has 0 saturated carbocycles. The van der Waals surface area contributed by atoms with Crippen molar-refractivity contribution in [1.82, 2.24) is 9.88 Å². The highest BCUT2D eigenvalue weighted by atomic mass is 79.9. The molecule has 0 spiro atoms. The van der Waals surface area contributed by atoms with Gasteiger partial charge in [0.1, 0.15) is 12.4 Å². The molecule has 0 aliphatic heterocycles. The van der Waals surface area contributed by atoms with Gasteiger partial charge in [-0.3, -0.25) is 9.88 Å². The minimum absolute atomic E-state index is 0.246. The van der Waals surface area contributed by atoms with E-state index in [1.807, 2.05) is 30.3 Å². The summed E-state index contributed by atoms with van der Waals surface area (Å²) < 4.78 is 6.43. The molecule has 0 radical (unpaired) electrons. The lowest BCUT2D eigenvalue weighted by atomic mass is 10.3. The summed E-state index contributed by atoms with van der Waals surface area (Å²) in [4.78, 5) is 16.7. The highest BCUT2D eigenvalue weighted by Gasteiger charge is 2.13. The van der Waals surface area contributed by atoms with Crippen molar-refractivity contribution < 1.29 is 14.6 Å². The van der Waals surface area contributed by atoms with Crippen LogP contribution in [0.15, 0.2) is 53.1 Å². The van der Waals surface area contributed by atoms with Gasteiger partial charge in [-0.2, -0.15) is 0 Å². The maximum absolute atomic E-state index is 11.2. The van der Waals surface area contributed by atoms with Crippen molar-refractivity contribution >= 4 is 22.0 Å². The van der Waals surface area contributed by atoms with Gasteiger partial charge >= 0.3 is 6.09 Å². The SMILES string of the molecule is O=C(O)N(CCOc1ccccc1Br)Cc1ccccn1. The average Bonchev–Trinajstić information content (AvgIpc) is 2.49. The van der Waals surface area contributed by atoms with Crippen LogP contribution in [0.25, 0.3) is 0 Å². The summed E-state index contributed by atoms with van der Waals surface area (Å²) in [5, 5.41) is 9.22. The van der Waals surface area contributed by atoms with E-state index in [1.54, 1.807) is 18.3 Å². The number of benzene rings is 1. The molecular formula is C15H15BrN2O3. The van der Waals surface area contributed by atoms with E-state index in [2.05, 4.69) is 20.9 Å². The Morgan fingerprint density at radius 2 is 2.00 bits per heavy atom. The summed E-state index contributed by atoms with van der Waals surface area (Å²) in [6.45, 7) is 0.796. The van der Waals surface area contributed by atoms with E-state index < -0.39 is 6.09 Å². The van der Waals surface area contributed by atoms with Gasteiger partial charge in [-0.15, -0.1) is 0 Å². The molecule has 2 rings (SSSR count). The first-order valence-corrected chi connectivity index (χ1v) is 7.21. The monoisotopic (exact) mass is 350 g/mol. The van der Waals surface area contributed by atoms with Crippen LogP contribution < -0.4 is 4.74 Å². The van der Waals surface area contributed by atoms with Crippen molar-refractivity contribution in [2.75, 3.05) is 13.2 Å². The van der Waals surface area contributed by atoms with Crippen LogP contribution in [0, 0.1) is 0 Å². The fourth-order valence-electron chi connectivity index (χ4n) is 1.76. The van der Waals surface area contributed by atoms with Crippen LogP contribution in [-0.4, -0.2) is 34.2 Å². The zero-order valence-electron chi connectivity index (χ0n) is 11.3. The van der Waals surface area contributed by atoms with Crippen LogP contribution in [0.4, 0.5) is 4.79 Å². The molecule has 1 aromatic carbocycles. The minimum atomic E-state index is -0.989. The lowest BCUT2D eigenvalue weighted by Gasteiger charge is -2.19. The number of hydrogen-bond donors (Lipinski definition) is 1. The van der Waals surface area contributed by atoms with Crippen LogP contribution in [0.1, 0.15) is 5.69 Å². The molecule has 1 N–H and O–H groups in total. The summed E-state index contributed by atoms with van der Waals surface area (Å²) in [6.07, 6.45) is 0.656. The Kier molecular flexibility index (Phi) is 5.57. The lowest BCUT2D eigenvalue weighted by Crippen LogP contribution is -2.33. The Balaban J connectivity index is 1.89. The number of aromatic nitrogens is 1. The third kappa shape index (κ3) is 4.75. The minimum Gasteiger partial charge on any atom is -0.491 e. The largest absolute Gasteiger partial charge is 0.491 e. The van der Waals surface area contributed by atoms with Crippen molar-refractivity contribution in [3.63, 3.8) is 0 Å². The summed E-state index contributed by atoms with van der Waals surface area (Å²) in [5.74, 6) is 0.695. The second kappa shape index (κ2) is 7.64. The van der Waals surface area contributed by atoms with Gasteiger partial charge in [0.05, 0.1) is 23.3 Å². The molecule has 0 unspecified atom stereocenters. The van der Waals surface area contributed by atoms with Gasteiger partial charge in [0, 0.05) is 6.20 Å². The molecule has 1 aromatic heterocycles. The van der Waals surface area contributed by atoms with E-state index in [4.69, 9.17) is 4.74 Å². The number of rotatable bonds is 6. The van der Waals surface area contributed by atoms with E-state index in [-0.39, 0.29) is 19.7 Å². The lowest BCUT2D eigenvalue weighted by molar-refractivity contribution is 0.131. The van der Waals surface area contributed by atoms with Gasteiger partial charge in [0.2, 0.25) is 0 Å². The molecule has 0 bridgehead atoms. The Bertz CT molecular complexity index is 592. The first kappa shape index (κ1) is 15.3. The number of para-hydroxylation sites is 1. The van der Waals surface area contributed by atoms with Crippen molar-refractivity contribution in [3.05, 3.63) is 58.8 Å². The maximum Gasteiger partial charge on any atom is 0.407 e. The van der Waals surface area contributed by atoms with Gasteiger partial charge < -0.3 is 9.84 Å². The average molecular weight is 351 g/mol. The molecule has 0 atom stereocenters. The van der Waals surface area contributed by atoms with Gasteiger partial charge in [0.25, 0.3) is 0 Å². The van der Waals surface area contributed by atoms with Crippen LogP contribution in [0.5, 0.6) is 5.75 Å². The smallest absolute Gasteiger partial charge is 0.407 e. The van der Waals surface area contributed by atoms with Gasteiger partial charge in [-0.05, 0) is 40.2 Å². The summed E-state index contributed by atoms with van der Waals surface area (Å²) in [6, 6.07) is 12.9. The Labute approximate surface area is 131 Å². The van der Waals surface area contributed by atoms with E-state index >= 15 is 0 Å². The molecular weight excluding hydrogens is 336 g/mol. The Hall–Kier alpha value is -2.08. The molecule has 0 aliphatic carbocycles. The van der Waals surface area contributed by atoms with E-state index in [0.717, 1.165) is 4.47 Å². The van der Waals surface area contributed by atoms with E-state index in [0.29, 0.717) is 11.4 Å². The number of hydrogen-bond acceptors (Lipinski definition) is 3. The summed E-state index contributed by atoms with van der Waals surface area (Å²) >= 11 is 3.38. The van der Waals surface area contributed by atoms with E-state index in [1.165, 1.54) is 4.90 Å². The van der Waals surface area contributed by atoms with Crippen LogP contribution in [-0.2, 0) is 6.54 Å². The topological polar surface area (TPSA) is 62.7 Å². The van der Waals surface area contributed by atoms with Crippen molar-refractivity contribution in [2.45, 2.75) is 6.54 Å². The molecule has 0 fully saturated rings. The fraction of sp³-hybridized carbons (Fsp3) is 0.200. The number of carboxylic acid groups (broad SMARTS) is 1. The first-order valence-electron chi connectivity index (χ1n) is 6.42. The molecule has 1 amide bonds. The summed E-state index contributed by atoms with van der Waals surface area (Å²) in [7, 11) is 0. The molecule has 2 aromatic rings. The summed E-state index contributed by atoms with van der Waals surface area (Å²) in [5.41, 5.74) is 0.709. The van der Waals surface area contributed by atoms with Gasteiger partial charge in [-0.25, -0.2) is 4.79 Å². The number of nitrogens with zero attached hydrogens (tertiary/aromatic N) is 2. The van der Waals surface area contributed by atoms with Crippen molar-refractivity contribution in [1.29, 1.82) is 0 Å². The number of halogens is 1. The zero-order chi connectivity index (χ0) is 15.1. The van der Waals surface area contributed by atoms with Crippen molar-refractivity contribution in [3.8, 4) is 5.75 Å². The molecule has 21 heavy (non-hydrogen) atoms. The van der Waals surface area contributed by atoms with Crippen LogP contribution in [0.3, 0.4) is 0 Å². The number of carbonyl (C=O) groups is 1. The zero-order valence-corrected chi connectivity index (χ0v) is 12.9. The number of amides is 1. The van der Waals surface area contributed by atoms with Crippen LogP contribution >= 0.6 is 15.9 Å². The third-order valence-corrected chi connectivity index (χ3v) is 3.46. The molecule has 5 nitrogen and oxygen atoms in total. The highest BCUT2D eigenvalue weighted by Crippen LogP contribution is 2.23. The standard InChI is InChI=1S/C15H15BrN2O3/c16-13-6-1-2-7-14(13)21-10-9-18(15(19)20)11-12-5-3-4-8-17-12/h1-8H,9-11H2,(H,19,20). The van der Waals surface area contributed by atoms with Gasteiger partial charge in [0.15, 0.2) is 0 Å². The molecule has 0 saturated heterocycles. The quantitative estimate of drug-likeness (QED) is 0.867. The van der Waals surface area contributed by atoms with Crippen molar-refractivity contribution in [2.24, 2.45) is 0 Å². The Morgan fingerprint density at radius 3 is 2.67 bits per heavy atom. The second-order valence-electron chi connectivity index (χ2n) is 4.30. The molecule has 110 valence electrons. The molecule has 0 aliphatic rings. The highest BCUT2D eigenvalue weighted by molar-refractivity contribution is 9.10. The molecule has 6 heteroatoms. The maximum atomic E-state index is 11.2. The predicted molar refractivity (Wildman–Crippen MR) is 82.3 cm³/mol. The normalized spacial score (nSPS) is 10.1. The number of pyridine rings is 1. The Morgan fingerprint density at radius 1 is 1.24 bits per heavy atom. The number of ether oxygens (including phenoxy) is 1. The fourth-order valence-corrected chi connectivity index (χ4v) is 2.16. The van der Waals surface area contributed by atoms with E-state index in [9.17, 15) is 9.90 Å². The van der Waals surface area contributed by atoms with Gasteiger partial charge in [-0.1, -0.05) is 18.2 Å². The second-order valence-corrected chi connectivity index (χ2v) is 5.16. The first-order chi connectivity index (χ1) is 10.2. The predicted octanol–water partition coefficient (Wildman–Crippen LogP) is 3.40. The third-order valence-electron chi connectivity index (χ3n) is 2.80. The van der Waals surface area contributed by atoms with Crippen LogP contribution in [0.2, 0.25) is 0 Å². The molecule has 1 heterocycles.